The van der Waals surface area contributed by atoms with Crippen LogP contribution >= 0.6 is 0 Å². The molecular formula is C78H42N2O4. The molecule has 0 radical (unpaired) electrons. The van der Waals surface area contributed by atoms with Gasteiger partial charge in [0.1, 0.15) is 50.2 Å². The number of hydrogen-bond donors (Lipinski definition) is 0. The zero-order valence-corrected chi connectivity index (χ0v) is 44.8. The van der Waals surface area contributed by atoms with Gasteiger partial charge in [-0.05, 0) is 185 Å². The predicted octanol–water partition coefficient (Wildman–Crippen LogP) is 21.7. The molecule has 0 bridgehead atoms. The maximum Gasteiger partial charge on any atom is 0.135 e. The minimum Gasteiger partial charge on any atom is -0.456 e. The SMILES string of the molecule is c1c(-c2ccc3oc4ccccc4c3c2)cc2c3cc(-c4ccc5oc6ccccc6c5c4)ccc3n(-c3cccc(-n4c5ccc(-c6ccc7oc8ccccc8c7c6)cc5c5cc(-c6ccc7oc8ccccc8c7c6)ccc54)c3)c2c#1. The van der Waals surface area contributed by atoms with Crippen LogP contribution in [-0.2, 0) is 0 Å². The van der Waals surface area contributed by atoms with Crippen LogP contribution in [0.4, 0.5) is 0 Å². The van der Waals surface area contributed by atoms with Gasteiger partial charge in [0, 0.05) is 81.6 Å². The van der Waals surface area contributed by atoms with Crippen molar-refractivity contribution in [2.45, 2.75) is 0 Å². The van der Waals surface area contributed by atoms with Crippen molar-refractivity contribution < 1.29 is 17.7 Å². The zero-order chi connectivity index (χ0) is 54.7. The third kappa shape index (κ3) is 6.63. The van der Waals surface area contributed by atoms with E-state index in [1.54, 1.807) is 0 Å². The van der Waals surface area contributed by atoms with E-state index < -0.39 is 0 Å². The van der Waals surface area contributed by atoms with Crippen molar-refractivity contribution in [1.29, 1.82) is 0 Å². The Hall–Kier alpha value is -11.5. The fourth-order valence-corrected chi connectivity index (χ4v) is 13.5. The molecule has 0 fully saturated rings. The molecule has 19 aromatic rings. The number of benzene rings is 12. The first-order valence-corrected chi connectivity index (χ1v) is 28.3. The molecule has 0 aliphatic carbocycles. The van der Waals surface area contributed by atoms with Crippen LogP contribution in [0.2, 0.25) is 0 Å². The van der Waals surface area contributed by atoms with E-state index in [2.05, 4.69) is 228 Å². The maximum absolute atomic E-state index is 6.28. The Morgan fingerprint density at radius 2 is 0.536 bits per heavy atom. The molecule has 0 saturated heterocycles. The largest absolute Gasteiger partial charge is 0.456 e. The summed E-state index contributed by atoms with van der Waals surface area (Å²) in [5.74, 6) is 0. The molecule has 0 atom stereocenters. The molecule has 13 aromatic carbocycles. The molecule has 6 heterocycles. The second kappa shape index (κ2) is 17.0. The van der Waals surface area contributed by atoms with E-state index in [-0.39, 0.29) is 0 Å². The molecule has 6 nitrogen and oxygen atoms in total. The Morgan fingerprint density at radius 1 is 0.214 bits per heavy atom. The van der Waals surface area contributed by atoms with Gasteiger partial charge in [-0.3, -0.25) is 0 Å². The van der Waals surface area contributed by atoms with Gasteiger partial charge >= 0.3 is 0 Å². The van der Waals surface area contributed by atoms with Gasteiger partial charge in [-0.1, -0.05) is 121 Å². The Labute approximate surface area is 478 Å². The van der Waals surface area contributed by atoms with E-state index in [0.29, 0.717) is 0 Å². The van der Waals surface area contributed by atoms with Crippen molar-refractivity contribution in [2.24, 2.45) is 0 Å². The van der Waals surface area contributed by atoms with Gasteiger partial charge in [-0.15, -0.1) is 0 Å². The van der Waals surface area contributed by atoms with Crippen LogP contribution in [-0.4, -0.2) is 9.13 Å². The van der Waals surface area contributed by atoms with Gasteiger partial charge in [0.15, 0.2) is 0 Å². The number of aromatic nitrogens is 2. The first-order valence-electron chi connectivity index (χ1n) is 28.3. The van der Waals surface area contributed by atoms with Gasteiger partial charge in [0.05, 0.1) is 16.6 Å². The Morgan fingerprint density at radius 3 is 0.964 bits per heavy atom. The Balaban J connectivity index is 0.802. The number of furan rings is 4. The van der Waals surface area contributed by atoms with Gasteiger partial charge in [0.25, 0.3) is 0 Å². The molecule has 19 rings (SSSR count). The summed E-state index contributed by atoms with van der Waals surface area (Å²) in [6, 6.07) is 98.4. The van der Waals surface area contributed by atoms with Crippen LogP contribution in [0.1, 0.15) is 0 Å². The number of rotatable bonds is 6. The standard InChI is InChI=1S/C78H42N2O4/c1-5-16-71-55(12-1)63-40-49(24-32-75(63)81-71)45-20-28-67-59(36-45)60-37-46(50-25-33-76-64(41-50)56-13-2-6-17-72(56)82-76)21-29-68(60)79(67)53-10-9-11-54(44-53)80-69-30-22-47(51-26-34-77-65(42-51)57-14-3-7-18-73(57)83-77)38-61(69)62-39-48(23-31-70(62)80)52-27-35-78-66(43-52)58-15-4-8-19-74(58)84-78/h1-22,24-30,32-44H. The quantitative estimate of drug-likeness (QED) is 0.166. The second-order valence-electron chi connectivity index (χ2n) is 22.2. The van der Waals surface area contributed by atoms with E-state index in [1.807, 2.05) is 48.5 Å². The topological polar surface area (TPSA) is 62.4 Å². The Kier molecular flexibility index (Phi) is 9.16. The lowest BCUT2D eigenvalue weighted by molar-refractivity contribution is 0.668. The summed E-state index contributed by atoms with van der Waals surface area (Å²) < 4.78 is 29.9. The van der Waals surface area contributed by atoms with E-state index in [9.17, 15) is 0 Å². The monoisotopic (exact) mass is 1070 g/mol. The van der Waals surface area contributed by atoms with Crippen LogP contribution < -0.4 is 0 Å². The first-order chi connectivity index (χ1) is 41.6. The maximum atomic E-state index is 6.28. The molecule has 0 aliphatic rings. The van der Waals surface area contributed by atoms with E-state index >= 15 is 0 Å². The smallest absolute Gasteiger partial charge is 0.135 e. The molecule has 0 spiro atoms. The summed E-state index contributed by atoms with van der Waals surface area (Å²) in [6.07, 6.45) is 0. The summed E-state index contributed by atoms with van der Waals surface area (Å²) in [4.78, 5) is 0. The van der Waals surface area contributed by atoms with Gasteiger partial charge in [0.2, 0.25) is 0 Å². The number of fused-ring (bicyclic) bond motifs is 18. The summed E-state index contributed by atoms with van der Waals surface area (Å²) in [5, 5.41) is 13.3. The summed E-state index contributed by atoms with van der Waals surface area (Å²) in [5.41, 5.74) is 22.1. The third-order valence-electron chi connectivity index (χ3n) is 17.5. The lowest BCUT2D eigenvalue weighted by atomic mass is 9.98. The van der Waals surface area contributed by atoms with Crippen LogP contribution in [0.3, 0.4) is 0 Å². The fourth-order valence-electron chi connectivity index (χ4n) is 13.5. The zero-order valence-electron chi connectivity index (χ0n) is 44.8. The van der Waals surface area contributed by atoms with Crippen molar-refractivity contribution >= 4 is 131 Å². The molecule has 0 saturated carbocycles. The normalized spacial score (nSPS) is 12.2. The minimum absolute atomic E-state index is 0.861. The fraction of sp³-hybridized carbons (Fsp3) is 0. The van der Waals surface area contributed by atoms with Gasteiger partial charge in [-0.25, -0.2) is 0 Å². The average Bonchev–Trinajstić information content (AvgIpc) is 3.66. The third-order valence-corrected chi connectivity index (χ3v) is 17.5. The van der Waals surface area contributed by atoms with Gasteiger partial charge in [-0.2, -0.15) is 0 Å². The average molecular weight is 1070 g/mol. The molecule has 6 heteroatoms. The molecule has 84 heavy (non-hydrogen) atoms. The van der Waals surface area contributed by atoms with Crippen molar-refractivity contribution in [3.8, 4) is 55.9 Å². The highest BCUT2D eigenvalue weighted by molar-refractivity contribution is 6.15. The van der Waals surface area contributed by atoms with Crippen LogP contribution in [0.15, 0.2) is 272 Å². The van der Waals surface area contributed by atoms with E-state index in [1.165, 1.54) is 0 Å². The first kappa shape index (κ1) is 45.2. The molecule has 6 aromatic heterocycles. The van der Waals surface area contributed by atoms with Crippen molar-refractivity contribution in [1.82, 2.24) is 9.13 Å². The highest BCUT2D eigenvalue weighted by Crippen LogP contribution is 2.43. The van der Waals surface area contributed by atoms with Crippen LogP contribution in [0.5, 0.6) is 0 Å². The molecule has 0 N–H and O–H groups in total. The van der Waals surface area contributed by atoms with Crippen LogP contribution in [0.25, 0.3) is 187 Å². The lowest BCUT2D eigenvalue weighted by Crippen LogP contribution is -1.98. The highest BCUT2D eigenvalue weighted by Gasteiger charge is 2.21. The number of para-hydroxylation sites is 4. The van der Waals surface area contributed by atoms with Crippen molar-refractivity contribution in [3.63, 3.8) is 0 Å². The highest BCUT2D eigenvalue weighted by atomic mass is 16.3. The predicted molar refractivity (Wildman–Crippen MR) is 344 cm³/mol. The number of nitrogens with zero attached hydrogens (tertiary/aromatic N) is 2. The van der Waals surface area contributed by atoms with E-state index in [4.69, 9.17) is 17.7 Å². The second-order valence-corrected chi connectivity index (χ2v) is 22.2. The molecular weight excluding hydrogens is 1030 g/mol. The van der Waals surface area contributed by atoms with Gasteiger partial charge < -0.3 is 26.8 Å². The summed E-state index contributed by atoms with van der Waals surface area (Å²) in [6.45, 7) is 0. The van der Waals surface area contributed by atoms with Crippen LogP contribution in [0, 0.1) is 12.1 Å². The van der Waals surface area contributed by atoms with Crippen molar-refractivity contribution in [2.75, 3.05) is 0 Å². The molecule has 0 aliphatic heterocycles. The summed E-state index contributed by atoms with van der Waals surface area (Å²) >= 11 is 0. The molecule has 0 unspecified atom stereocenters. The molecule has 0 amide bonds. The van der Waals surface area contributed by atoms with Crippen molar-refractivity contribution in [3.05, 3.63) is 267 Å². The number of hydrogen-bond acceptors (Lipinski definition) is 4. The molecule has 388 valence electrons. The lowest BCUT2D eigenvalue weighted by Gasteiger charge is -2.13. The minimum atomic E-state index is 0.861. The Bertz CT molecular complexity index is 5310. The summed E-state index contributed by atoms with van der Waals surface area (Å²) in [7, 11) is 0. The van der Waals surface area contributed by atoms with E-state index in [0.717, 1.165) is 187 Å².